The van der Waals surface area contributed by atoms with E-state index in [2.05, 4.69) is 5.32 Å². The van der Waals surface area contributed by atoms with Gasteiger partial charge in [0.2, 0.25) is 0 Å². The molecule has 1 saturated heterocycles. The molecule has 0 radical (unpaired) electrons. The molecule has 1 rings (SSSR count). The molecule has 1 heterocycles. The summed E-state index contributed by atoms with van der Waals surface area (Å²) in [5.41, 5.74) is 0. The fraction of sp³-hybridized carbons (Fsp3) is 0.923. The lowest BCUT2D eigenvalue weighted by molar-refractivity contribution is -0.143. The van der Waals surface area contributed by atoms with Crippen LogP contribution in [0.4, 0.5) is 0 Å². The van der Waals surface area contributed by atoms with E-state index >= 15 is 0 Å². The van der Waals surface area contributed by atoms with Crippen LogP contribution in [0.25, 0.3) is 0 Å². The molecular weight excluding hydrogens is 250 g/mol. The summed E-state index contributed by atoms with van der Waals surface area (Å²) in [4.78, 5) is 11.6. The number of carbonyl (C=O) groups excluding carboxylic acids is 1. The maximum Gasteiger partial charge on any atom is 0.322 e. The van der Waals surface area contributed by atoms with Crippen LogP contribution in [0.5, 0.6) is 0 Å². The lowest BCUT2D eigenvalue weighted by Crippen LogP contribution is -2.42. The minimum Gasteiger partial charge on any atom is -0.468 e. The highest BCUT2D eigenvalue weighted by molar-refractivity contribution is 7.99. The number of rotatable bonds is 8. The van der Waals surface area contributed by atoms with Crippen LogP contribution in [0.3, 0.4) is 0 Å². The highest BCUT2D eigenvalue weighted by Crippen LogP contribution is 2.18. The van der Waals surface area contributed by atoms with E-state index in [1.54, 1.807) is 0 Å². The Bertz CT molecular complexity index is 242. The predicted octanol–water partition coefficient (Wildman–Crippen LogP) is 1.83. The van der Waals surface area contributed by atoms with Crippen molar-refractivity contribution >= 4 is 17.7 Å². The standard InChI is InChI=1S/C13H25NO3S/c1-10(2)14-12(13(15)16-3)6-8-18-9-11-5-4-7-17-11/h10-12,14H,4-9H2,1-3H3. The van der Waals surface area contributed by atoms with E-state index in [0.29, 0.717) is 6.10 Å². The lowest BCUT2D eigenvalue weighted by atomic mass is 10.2. The fourth-order valence-corrected chi connectivity index (χ4v) is 3.10. The third kappa shape index (κ3) is 6.07. The molecule has 0 aromatic carbocycles. The Balaban J connectivity index is 2.17. The third-order valence-electron chi connectivity index (χ3n) is 2.90. The summed E-state index contributed by atoms with van der Waals surface area (Å²) in [5.74, 6) is 1.83. The van der Waals surface area contributed by atoms with E-state index in [1.165, 1.54) is 20.0 Å². The summed E-state index contributed by atoms with van der Waals surface area (Å²) in [5, 5.41) is 3.24. The molecule has 0 saturated carbocycles. The molecule has 106 valence electrons. The molecule has 1 aliphatic rings. The van der Waals surface area contributed by atoms with E-state index in [-0.39, 0.29) is 18.1 Å². The molecule has 0 amide bonds. The maximum absolute atomic E-state index is 11.6. The number of carbonyl (C=O) groups is 1. The summed E-state index contributed by atoms with van der Waals surface area (Å²) in [6.45, 7) is 4.98. The monoisotopic (exact) mass is 275 g/mol. The quantitative estimate of drug-likeness (QED) is 0.541. The van der Waals surface area contributed by atoms with Crippen LogP contribution in [0.2, 0.25) is 0 Å². The molecule has 4 nitrogen and oxygen atoms in total. The molecule has 2 unspecified atom stereocenters. The van der Waals surface area contributed by atoms with E-state index in [4.69, 9.17) is 9.47 Å². The summed E-state index contributed by atoms with van der Waals surface area (Å²) in [6.07, 6.45) is 3.59. The largest absolute Gasteiger partial charge is 0.468 e. The number of ether oxygens (including phenoxy) is 2. The van der Waals surface area contributed by atoms with Gasteiger partial charge in [-0.1, -0.05) is 13.8 Å². The van der Waals surface area contributed by atoms with Crippen molar-refractivity contribution in [2.45, 2.75) is 51.3 Å². The van der Waals surface area contributed by atoms with Crippen molar-refractivity contribution in [2.75, 3.05) is 25.2 Å². The second-order valence-corrected chi connectivity index (χ2v) is 6.05. The van der Waals surface area contributed by atoms with Gasteiger partial charge in [-0.3, -0.25) is 4.79 Å². The number of hydrogen-bond acceptors (Lipinski definition) is 5. The first-order valence-corrected chi connectivity index (χ1v) is 7.82. The van der Waals surface area contributed by atoms with Crippen molar-refractivity contribution in [3.05, 3.63) is 0 Å². The molecular formula is C13H25NO3S. The van der Waals surface area contributed by atoms with Crippen LogP contribution in [0.1, 0.15) is 33.1 Å². The maximum atomic E-state index is 11.6. The first-order chi connectivity index (χ1) is 8.63. The van der Waals surface area contributed by atoms with Gasteiger partial charge in [-0.15, -0.1) is 0 Å². The molecule has 0 aromatic heterocycles. The Morgan fingerprint density at radius 2 is 2.33 bits per heavy atom. The third-order valence-corrected chi connectivity index (χ3v) is 4.03. The van der Waals surface area contributed by atoms with Gasteiger partial charge in [0.05, 0.1) is 13.2 Å². The summed E-state index contributed by atoms with van der Waals surface area (Å²) < 4.78 is 10.4. The Kier molecular flexibility index (Phi) is 7.70. The van der Waals surface area contributed by atoms with Crippen LogP contribution in [0.15, 0.2) is 0 Å². The fourth-order valence-electron chi connectivity index (χ4n) is 2.01. The lowest BCUT2D eigenvalue weighted by Gasteiger charge is -2.19. The average Bonchev–Trinajstić information content (AvgIpc) is 2.84. The number of thioether (sulfide) groups is 1. The summed E-state index contributed by atoms with van der Waals surface area (Å²) in [7, 11) is 1.44. The van der Waals surface area contributed by atoms with Crippen molar-refractivity contribution in [3.8, 4) is 0 Å². The number of nitrogens with one attached hydrogen (secondary N) is 1. The molecule has 18 heavy (non-hydrogen) atoms. The van der Waals surface area contributed by atoms with Gasteiger partial charge in [0.15, 0.2) is 0 Å². The number of hydrogen-bond donors (Lipinski definition) is 1. The van der Waals surface area contributed by atoms with Gasteiger partial charge in [0.1, 0.15) is 6.04 Å². The summed E-state index contributed by atoms with van der Waals surface area (Å²) >= 11 is 1.86. The minimum atomic E-state index is -0.188. The molecule has 1 fully saturated rings. The molecule has 0 bridgehead atoms. The molecule has 5 heteroatoms. The van der Waals surface area contributed by atoms with Crippen molar-refractivity contribution in [1.29, 1.82) is 0 Å². The van der Waals surface area contributed by atoms with Gasteiger partial charge in [-0.25, -0.2) is 0 Å². The van der Waals surface area contributed by atoms with E-state index in [0.717, 1.165) is 24.5 Å². The van der Waals surface area contributed by atoms with Crippen molar-refractivity contribution in [2.24, 2.45) is 0 Å². The van der Waals surface area contributed by atoms with Crippen LogP contribution in [-0.4, -0.2) is 49.4 Å². The molecule has 1 aliphatic heterocycles. The van der Waals surface area contributed by atoms with Gasteiger partial charge in [0.25, 0.3) is 0 Å². The van der Waals surface area contributed by atoms with Gasteiger partial charge in [-0.05, 0) is 25.0 Å². The van der Waals surface area contributed by atoms with Crippen molar-refractivity contribution in [3.63, 3.8) is 0 Å². The smallest absolute Gasteiger partial charge is 0.322 e. The van der Waals surface area contributed by atoms with E-state index in [9.17, 15) is 4.79 Å². The Hall–Kier alpha value is -0.260. The minimum absolute atomic E-state index is 0.165. The van der Waals surface area contributed by atoms with Gasteiger partial charge < -0.3 is 14.8 Å². The zero-order valence-electron chi connectivity index (χ0n) is 11.6. The molecule has 0 aromatic rings. The second-order valence-electron chi connectivity index (χ2n) is 4.90. The molecule has 2 atom stereocenters. The first kappa shape index (κ1) is 15.8. The topological polar surface area (TPSA) is 47.6 Å². The van der Waals surface area contributed by atoms with Gasteiger partial charge in [0, 0.05) is 18.4 Å². The molecule has 0 spiro atoms. The van der Waals surface area contributed by atoms with Crippen molar-refractivity contribution in [1.82, 2.24) is 5.32 Å². The zero-order valence-corrected chi connectivity index (χ0v) is 12.4. The Morgan fingerprint density at radius 3 is 2.89 bits per heavy atom. The van der Waals surface area contributed by atoms with E-state index < -0.39 is 0 Å². The Labute approximate surface area is 114 Å². The number of methoxy groups -OCH3 is 1. The zero-order chi connectivity index (χ0) is 13.4. The normalized spacial score (nSPS) is 21.2. The molecule has 1 N–H and O–H groups in total. The van der Waals surface area contributed by atoms with Crippen LogP contribution in [-0.2, 0) is 14.3 Å². The van der Waals surface area contributed by atoms with Gasteiger partial charge >= 0.3 is 5.97 Å². The highest BCUT2D eigenvalue weighted by atomic mass is 32.2. The highest BCUT2D eigenvalue weighted by Gasteiger charge is 2.20. The van der Waals surface area contributed by atoms with Crippen molar-refractivity contribution < 1.29 is 14.3 Å². The van der Waals surface area contributed by atoms with Crippen LogP contribution < -0.4 is 5.32 Å². The summed E-state index contributed by atoms with van der Waals surface area (Å²) in [6, 6.07) is 0.101. The van der Waals surface area contributed by atoms with Gasteiger partial charge in [-0.2, -0.15) is 11.8 Å². The van der Waals surface area contributed by atoms with Crippen LogP contribution >= 0.6 is 11.8 Å². The van der Waals surface area contributed by atoms with E-state index in [1.807, 2.05) is 25.6 Å². The second kappa shape index (κ2) is 8.77. The molecule has 0 aliphatic carbocycles. The first-order valence-electron chi connectivity index (χ1n) is 6.66. The average molecular weight is 275 g/mol. The number of esters is 1. The van der Waals surface area contributed by atoms with Crippen LogP contribution in [0, 0.1) is 0 Å². The Morgan fingerprint density at radius 1 is 1.56 bits per heavy atom. The predicted molar refractivity (Wildman–Crippen MR) is 75.0 cm³/mol. The SMILES string of the molecule is COC(=O)C(CCSCC1CCCO1)NC(C)C.